The number of carbonyl (C=O) groups is 1. The SMILES string of the molecule is O=C(Nc1ccc(N2CCCN(Cc3ccccc3[N+](=O)[O-])CC2)nc1)Nc1ccc(F)cc1F. The molecule has 1 saturated heterocycles. The lowest BCUT2D eigenvalue weighted by Gasteiger charge is -2.23. The predicted octanol–water partition coefficient (Wildman–Crippen LogP) is 4.62. The molecule has 182 valence electrons. The van der Waals surface area contributed by atoms with Crippen LogP contribution >= 0.6 is 0 Å². The number of urea groups is 1. The van der Waals surface area contributed by atoms with Gasteiger partial charge in [0.1, 0.15) is 17.5 Å². The summed E-state index contributed by atoms with van der Waals surface area (Å²) < 4.78 is 26.7. The first-order valence-corrected chi connectivity index (χ1v) is 11.1. The first-order chi connectivity index (χ1) is 16.9. The number of amides is 2. The molecule has 0 saturated carbocycles. The van der Waals surface area contributed by atoms with Crippen molar-refractivity contribution in [1.82, 2.24) is 9.88 Å². The van der Waals surface area contributed by atoms with Crippen LogP contribution in [0.3, 0.4) is 0 Å². The molecule has 0 unspecified atom stereocenters. The van der Waals surface area contributed by atoms with Gasteiger partial charge >= 0.3 is 6.03 Å². The smallest absolute Gasteiger partial charge is 0.323 e. The van der Waals surface area contributed by atoms with E-state index in [0.29, 0.717) is 30.4 Å². The third-order valence-corrected chi connectivity index (χ3v) is 5.68. The van der Waals surface area contributed by atoms with Crippen molar-refractivity contribution in [1.29, 1.82) is 0 Å². The Hall–Kier alpha value is -4.12. The van der Waals surface area contributed by atoms with E-state index in [1.807, 2.05) is 6.07 Å². The number of nitro groups is 1. The largest absolute Gasteiger partial charge is 0.355 e. The Morgan fingerprint density at radius 3 is 2.60 bits per heavy atom. The maximum atomic E-state index is 13.7. The van der Waals surface area contributed by atoms with Crippen LogP contribution in [0.4, 0.5) is 36.5 Å². The van der Waals surface area contributed by atoms with Crippen molar-refractivity contribution in [2.75, 3.05) is 41.7 Å². The molecule has 3 aromatic rings. The lowest BCUT2D eigenvalue weighted by atomic mass is 10.1. The fourth-order valence-corrected chi connectivity index (χ4v) is 3.94. The Balaban J connectivity index is 1.32. The summed E-state index contributed by atoms with van der Waals surface area (Å²) in [5.41, 5.74) is 1.10. The van der Waals surface area contributed by atoms with Crippen molar-refractivity contribution in [3.05, 3.63) is 88.1 Å². The van der Waals surface area contributed by atoms with Crippen molar-refractivity contribution < 1.29 is 18.5 Å². The average Bonchev–Trinajstić information content (AvgIpc) is 3.07. The summed E-state index contributed by atoms with van der Waals surface area (Å²) in [5.74, 6) is -0.856. The van der Waals surface area contributed by atoms with E-state index in [2.05, 4.69) is 25.4 Å². The van der Waals surface area contributed by atoms with E-state index >= 15 is 0 Å². The molecule has 1 fully saturated rings. The molecule has 0 radical (unpaired) electrons. The maximum Gasteiger partial charge on any atom is 0.323 e. The van der Waals surface area contributed by atoms with Crippen LogP contribution < -0.4 is 15.5 Å². The maximum absolute atomic E-state index is 13.7. The number of aromatic nitrogens is 1. The second-order valence-electron chi connectivity index (χ2n) is 8.11. The van der Waals surface area contributed by atoms with Gasteiger partial charge in [-0.25, -0.2) is 18.6 Å². The summed E-state index contributed by atoms with van der Waals surface area (Å²) >= 11 is 0. The molecule has 0 bridgehead atoms. The molecule has 9 nitrogen and oxygen atoms in total. The molecular formula is C24H24F2N6O3. The van der Waals surface area contributed by atoms with Gasteiger partial charge in [-0.15, -0.1) is 0 Å². The molecule has 0 atom stereocenters. The van der Waals surface area contributed by atoms with E-state index in [1.54, 1.807) is 24.3 Å². The molecule has 4 rings (SSSR count). The highest BCUT2D eigenvalue weighted by Crippen LogP contribution is 2.22. The molecule has 1 aromatic heterocycles. The number of hydrogen-bond donors (Lipinski definition) is 2. The summed E-state index contributed by atoms with van der Waals surface area (Å²) in [4.78, 5) is 31.8. The quantitative estimate of drug-likeness (QED) is 0.392. The second kappa shape index (κ2) is 10.9. The minimum absolute atomic E-state index is 0.129. The molecule has 2 heterocycles. The van der Waals surface area contributed by atoms with E-state index in [4.69, 9.17) is 0 Å². The Morgan fingerprint density at radius 1 is 1.03 bits per heavy atom. The van der Waals surface area contributed by atoms with E-state index in [0.717, 1.165) is 44.0 Å². The molecular weight excluding hydrogens is 458 g/mol. The molecule has 2 N–H and O–H groups in total. The minimum Gasteiger partial charge on any atom is -0.355 e. The first-order valence-electron chi connectivity index (χ1n) is 11.1. The zero-order valence-corrected chi connectivity index (χ0v) is 18.8. The molecule has 0 aliphatic carbocycles. The van der Waals surface area contributed by atoms with Crippen molar-refractivity contribution in [2.24, 2.45) is 0 Å². The van der Waals surface area contributed by atoms with E-state index < -0.39 is 17.7 Å². The van der Waals surface area contributed by atoms with Gasteiger partial charge in [-0.3, -0.25) is 15.0 Å². The van der Waals surface area contributed by atoms with Crippen LogP contribution in [0.15, 0.2) is 60.8 Å². The number of rotatable bonds is 6. The number of pyridine rings is 1. The molecule has 2 aromatic carbocycles. The van der Waals surface area contributed by atoms with Crippen molar-refractivity contribution in [2.45, 2.75) is 13.0 Å². The predicted molar refractivity (Wildman–Crippen MR) is 128 cm³/mol. The highest BCUT2D eigenvalue weighted by molar-refractivity contribution is 5.99. The van der Waals surface area contributed by atoms with Gasteiger partial charge in [-0.1, -0.05) is 18.2 Å². The van der Waals surface area contributed by atoms with E-state index in [9.17, 15) is 23.7 Å². The van der Waals surface area contributed by atoms with Gasteiger partial charge in [-0.05, 0) is 30.7 Å². The zero-order chi connectivity index (χ0) is 24.8. The highest BCUT2D eigenvalue weighted by Gasteiger charge is 2.20. The van der Waals surface area contributed by atoms with Crippen molar-refractivity contribution in [3.63, 3.8) is 0 Å². The average molecular weight is 482 g/mol. The molecule has 2 amide bonds. The topological polar surface area (TPSA) is 104 Å². The van der Waals surface area contributed by atoms with E-state index in [1.165, 1.54) is 12.3 Å². The van der Waals surface area contributed by atoms with Crippen LogP contribution in [-0.2, 0) is 6.54 Å². The molecule has 11 heteroatoms. The minimum atomic E-state index is -0.870. The lowest BCUT2D eigenvalue weighted by Crippen LogP contribution is -2.31. The normalized spacial score (nSPS) is 14.3. The Bertz CT molecular complexity index is 1210. The van der Waals surface area contributed by atoms with Gasteiger partial charge in [0, 0.05) is 50.4 Å². The summed E-state index contributed by atoms with van der Waals surface area (Å²) in [5, 5.41) is 16.2. The Labute approximate surface area is 200 Å². The van der Waals surface area contributed by atoms with Crippen LogP contribution in [0.5, 0.6) is 0 Å². The number of carbonyl (C=O) groups excluding carboxylic acids is 1. The lowest BCUT2D eigenvalue weighted by molar-refractivity contribution is -0.385. The number of benzene rings is 2. The summed E-state index contributed by atoms with van der Waals surface area (Å²) in [6, 6.07) is 12.5. The van der Waals surface area contributed by atoms with Crippen LogP contribution in [0.2, 0.25) is 0 Å². The fourth-order valence-electron chi connectivity index (χ4n) is 3.94. The van der Waals surface area contributed by atoms with Crippen LogP contribution in [0.25, 0.3) is 0 Å². The fraction of sp³-hybridized carbons (Fsp3) is 0.250. The van der Waals surface area contributed by atoms with Crippen molar-refractivity contribution >= 4 is 28.9 Å². The summed E-state index contributed by atoms with van der Waals surface area (Å²) in [6.45, 7) is 3.51. The number of nitrogens with one attached hydrogen (secondary N) is 2. The number of hydrogen-bond acceptors (Lipinski definition) is 6. The number of halogens is 2. The van der Waals surface area contributed by atoms with Crippen LogP contribution in [0.1, 0.15) is 12.0 Å². The van der Waals surface area contributed by atoms with E-state index in [-0.39, 0.29) is 16.3 Å². The number of nitrogens with zero attached hydrogens (tertiary/aromatic N) is 4. The van der Waals surface area contributed by atoms with Crippen LogP contribution in [-0.4, -0.2) is 47.0 Å². The Kier molecular flexibility index (Phi) is 7.46. The summed E-state index contributed by atoms with van der Waals surface area (Å²) in [7, 11) is 0. The Morgan fingerprint density at radius 2 is 1.86 bits per heavy atom. The number of nitro benzene ring substituents is 1. The van der Waals surface area contributed by atoms with Gasteiger partial charge in [0.2, 0.25) is 0 Å². The van der Waals surface area contributed by atoms with Gasteiger partial charge in [-0.2, -0.15) is 0 Å². The van der Waals surface area contributed by atoms with Gasteiger partial charge in [0.25, 0.3) is 5.69 Å². The van der Waals surface area contributed by atoms with Crippen LogP contribution in [0, 0.1) is 21.7 Å². The summed E-state index contributed by atoms with van der Waals surface area (Å²) in [6.07, 6.45) is 2.37. The third kappa shape index (κ3) is 6.27. The highest BCUT2D eigenvalue weighted by atomic mass is 19.1. The first kappa shape index (κ1) is 24.0. The third-order valence-electron chi connectivity index (χ3n) is 5.68. The van der Waals surface area contributed by atoms with Gasteiger partial charge < -0.3 is 15.5 Å². The second-order valence-corrected chi connectivity index (χ2v) is 8.11. The molecule has 1 aliphatic heterocycles. The molecule has 35 heavy (non-hydrogen) atoms. The van der Waals surface area contributed by atoms with Crippen molar-refractivity contribution in [3.8, 4) is 0 Å². The standard InChI is InChI=1S/C24H24F2N6O3/c25-18-6-8-21(20(26)14-18)29-24(33)28-19-7-9-23(27-15-19)31-11-3-10-30(12-13-31)16-17-4-1-2-5-22(17)32(34)35/h1-2,4-9,14-15H,3,10-13,16H2,(H2,28,29,33). The van der Waals surface area contributed by atoms with Gasteiger partial charge in [0.05, 0.1) is 22.5 Å². The zero-order valence-electron chi connectivity index (χ0n) is 18.8. The van der Waals surface area contributed by atoms with Gasteiger partial charge in [0.15, 0.2) is 0 Å². The molecule has 1 aliphatic rings. The monoisotopic (exact) mass is 482 g/mol. The number of anilines is 3. The number of para-hydroxylation sites is 1. The molecule has 0 spiro atoms.